The van der Waals surface area contributed by atoms with Crippen molar-refractivity contribution in [1.82, 2.24) is 15.5 Å². The molecule has 0 spiro atoms. The highest BCUT2D eigenvalue weighted by molar-refractivity contribution is 5.59. The van der Waals surface area contributed by atoms with Crippen LogP contribution in [-0.4, -0.2) is 29.8 Å². The highest BCUT2D eigenvalue weighted by Gasteiger charge is 2.35. The number of nitrogens with one attached hydrogen (secondary N) is 1. The Balaban J connectivity index is 1.62. The molecule has 1 aromatic heterocycles. The van der Waals surface area contributed by atoms with Crippen LogP contribution in [-0.2, 0) is 6.18 Å². The van der Waals surface area contributed by atoms with E-state index in [1.165, 1.54) is 31.7 Å². The Bertz CT molecular complexity index is 802. The van der Waals surface area contributed by atoms with Gasteiger partial charge in [-0.2, -0.15) is 18.2 Å². The minimum Gasteiger partial charge on any atom is -0.493 e. The lowest BCUT2D eigenvalue weighted by Crippen LogP contribution is -2.28. The zero-order valence-corrected chi connectivity index (χ0v) is 18.1. The number of unbranched alkanes of at least 4 members (excludes halogenated alkanes) is 6. The highest BCUT2D eigenvalue weighted by atomic mass is 19.4. The number of halogens is 3. The van der Waals surface area contributed by atoms with Gasteiger partial charge in [0, 0.05) is 12.1 Å². The van der Waals surface area contributed by atoms with Crippen LogP contribution in [0.2, 0.25) is 0 Å². The van der Waals surface area contributed by atoms with Crippen LogP contribution in [0.1, 0.15) is 82.1 Å². The zero-order chi connectivity index (χ0) is 22.1. The van der Waals surface area contributed by atoms with Gasteiger partial charge >= 0.3 is 6.18 Å². The van der Waals surface area contributed by atoms with Crippen molar-refractivity contribution in [3.63, 3.8) is 0 Å². The molecule has 2 heterocycles. The smallest absolute Gasteiger partial charge is 0.419 e. The minimum atomic E-state index is -4.52. The van der Waals surface area contributed by atoms with E-state index in [-0.39, 0.29) is 29.7 Å². The molecule has 5 nitrogen and oxygen atoms in total. The quantitative estimate of drug-likeness (QED) is 0.413. The molecule has 31 heavy (non-hydrogen) atoms. The maximum Gasteiger partial charge on any atom is 0.419 e. The molecule has 172 valence electrons. The fraction of sp³-hybridized carbons (Fsp3) is 0.652. The summed E-state index contributed by atoms with van der Waals surface area (Å²) in [6.45, 7) is 4.13. The van der Waals surface area contributed by atoms with Crippen LogP contribution in [0.4, 0.5) is 13.2 Å². The number of hydrogen-bond donors (Lipinski definition) is 1. The summed E-state index contributed by atoms with van der Waals surface area (Å²) in [5.41, 5.74) is -0.534. The number of rotatable bonds is 11. The lowest BCUT2D eigenvalue weighted by molar-refractivity contribution is -0.138. The van der Waals surface area contributed by atoms with Crippen molar-refractivity contribution in [2.75, 3.05) is 19.7 Å². The maximum atomic E-state index is 13.6. The molecule has 0 aliphatic carbocycles. The highest BCUT2D eigenvalue weighted by Crippen LogP contribution is 2.38. The zero-order valence-electron chi connectivity index (χ0n) is 18.1. The van der Waals surface area contributed by atoms with Crippen molar-refractivity contribution in [2.24, 2.45) is 0 Å². The largest absolute Gasteiger partial charge is 0.493 e. The summed E-state index contributed by atoms with van der Waals surface area (Å²) in [6, 6.07) is 3.97. The molecule has 0 unspecified atom stereocenters. The Morgan fingerprint density at radius 1 is 1.13 bits per heavy atom. The van der Waals surface area contributed by atoms with E-state index in [1.54, 1.807) is 6.07 Å². The molecule has 0 amide bonds. The molecule has 0 saturated carbocycles. The van der Waals surface area contributed by atoms with Crippen molar-refractivity contribution < 1.29 is 22.4 Å². The second-order valence-electron chi connectivity index (χ2n) is 8.18. The van der Waals surface area contributed by atoms with Gasteiger partial charge in [0.25, 0.3) is 0 Å². The predicted octanol–water partition coefficient (Wildman–Crippen LogP) is 6.35. The molecule has 1 aliphatic heterocycles. The number of alkyl halides is 3. The first-order valence-electron chi connectivity index (χ1n) is 11.4. The van der Waals surface area contributed by atoms with Crippen molar-refractivity contribution in [2.45, 2.75) is 76.8 Å². The van der Waals surface area contributed by atoms with E-state index in [0.717, 1.165) is 51.3 Å². The van der Waals surface area contributed by atoms with Gasteiger partial charge in [0.15, 0.2) is 0 Å². The van der Waals surface area contributed by atoms with Gasteiger partial charge in [-0.15, -0.1) is 0 Å². The molecule has 3 rings (SSSR count). The van der Waals surface area contributed by atoms with Gasteiger partial charge < -0.3 is 14.6 Å². The average molecular weight is 440 g/mol. The first-order valence-corrected chi connectivity index (χ1v) is 11.4. The van der Waals surface area contributed by atoms with Crippen LogP contribution < -0.4 is 10.1 Å². The van der Waals surface area contributed by atoms with Gasteiger partial charge in [0.1, 0.15) is 5.75 Å². The molecular formula is C23H32F3N3O2. The van der Waals surface area contributed by atoms with E-state index in [1.807, 2.05) is 0 Å². The third kappa shape index (κ3) is 6.95. The Labute approximate surface area is 181 Å². The summed E-state index contributed by atoms with van der Waals surface area (Å²) in [7, 11) is 0. The predicted molar refractivity (Wildman–Crippen MR) is 113 cm³/mol. The number of ether oxygens (including phenoxy) is 1. The lowest BCUT2D eigenvalue weighted by Gasteiger charge is -2.18. The summed E-state index contributed by atoms with van der Waals surface area (Å²) in [6.07, 6.45) is 5.01. The molecule has 1 saturated heterocycles. The normalized spacial score (nSPS) is 17.1. The molecule has 1 fully saturated rings. The Morgan fingerprint density at radius 2 is 1.90 bits per heavy atom. The number of hydrogen-bond acceptors (Lipinski definition) is 5. The fourth-order valence-corrected chi connectivity index (χ4v) is 3.84. The van der Waals surface area contributed by atoms with Gasteiger partial charge in [-0.25, -0.2) is 0 Å². The Morgan fingerprint density at radius 3 is 2.61 bits per heavy atom. The van der Waals surface area contributed by atoms with E-state index in [4.69, 9.17) is 9.26 Å². The number of piperidine rings is 1. The summed E-state index contributed by atoms with van der Waals surface area (Å²) in [5.74, 6) is 0.587. The van der Waals surface area contributed by atoms with E-state index in [0.29, 0.717) is 5.89 Å². The van der Waals surface area contributed by atoms with Crippen LogP contribution in [0.15, 0.2) is 22.7 Å². The molecule has 8 heteroatoms. The molecule has 0 bridgehead atoms. The molecule has 1 N–H and O–H groups in total. The second kappa shape index (κ2) is 11.5. The van der Waals surface area contributed by atoms with Crippen molar-refractivity contribution in [3.8, 4) is 17.1 Å². The van der Waals surface area contributed by atoms with Crippen LogP contribution in [0.5, 0.6) is 5.75 Å². The number of aromatic nitrogens is 2. The van der Waals surface area contributed by atoms with E-state index in [2.05, 4.69) is 22.4 Å². The first kappa shape index (κ1) is 23.6. The standard InChI is InChI=1S/C23H32F3N3O2/c1-2-3-4-5-6-7-8-14-30-20-12-11-17(15-19(20)23(24,25)26)21-28-22(31-29-21)18-10-9-13-27-16-18/h11-12,15,18,27H,2-10,13-14,16H2,1H3/t18-/m1/s1. The fourth-order valence-electron chi connectivity index (χ4n) is 3.84. The molecule has 1 aromatic carbocycles. The molecular weight excluding hydrogens is 407 g/mol. The topological polar surface area (TPSA) is 60.2 Å². The van der Waals surface area contributed by atoms with Gasteiger partial charge in [-0.1, -0.05) is 50.6 Å². The summed E-state index contributed by atoms with van der Waals surface area (Å²) >= 11 is 0. The molecule has 1 atom stereocenters. The SMILES string of the molecule is CCCCCCCCCOc1ccc(-c2noc([C@@H]3CCCNC3)n2)cc1C(F)(F)F. The summed E-state index contributed by atoms with van der Waals surface area (Å²) < 4.78 is 51.7. The van der Waals surface area contributed by atoms with Crippen molar-refractivity contribution in [1.29, 1.82) is 0 Å². The summed E-state index contributed by atoms with van der Waals surface area (Å²) in [4.78, 5) is 4.35. The van der Waals surface area contributed by atoms with Crippen molar-refractivity contribution in [3.05, 3.63) is 29.7 Å². The van der Waals surface area contributed by atoms with Gasteiger partial charge in [0.2, 0.25) is 11.7 Å². The van der Waals surface area contributed by atoms with E-state index >= 15 is 0 Å². The molecule has 2 aromatic rings. The second-order valence-corrected chi connectivity index (χ2v) is 8.18. The molecule has 1 aliphatic rings. The Hall–Kier alpha value is -2.09. The van der Waals surface area contributed by atoms with Crippen LogP contribution in [0.25, 0.3) is 11.4 Å². The van der Waals surface area contributed by atoms with Gasteiger partial charge in [-0.3, -0.25) is 0 Å². The van der Waals surface area contributed by atoms with Crippen molar-refractivity contribution >= 4 is 0 Å². The maximum absolute atomic E-state index is 13.6. The Kier molecular flexibility index (Phi) is 8.75. The van der Waals surface area contributed by atoms with Gasteiger partial charge in [0.05, 0.1) is 18.1 Å². The van der Waals surface area contributed by atoms with E-state index in [9.17, 15) is 13.2 Å². The average Bonchev–Trinajstić information content (AvgIpc) is 3.26. The minimum absolute atomic E-state index is 0.0988. The van der Waals surface area contributed by atoms with Crippen LogP contribution in [0, 0.1) is 0 Å². The number of benzene rings is 1. The molecule has 0 radical (unpaired) electrons. The summed E-state index contributed by atoms with van der Waals surface area (Å²) in [5, 5.41) is 7.18. The van der Waals surface area contributed by atoms with E-state index < -0.39 is 11.7 Å². The van der Waals surface area contributed by atoms with Crippen LogP contribution in [0.3, 0.4) is 0 Å². The first-order chi connectivity index (χ1) is 15.0. The van der Waals surface area contributed by atoms with Crippen LogP contribution >= 0.6 is 0 Å². The van der Waals surface area contributed by atoms with Gasteiger partial charge in [-0.05, 0) is 44.0 Å². The number of nitrogens with zero attached hydrogens (tertiary/aromatic N) is 2. The monoisotopic (exact) mass is 439 g/mol. The lowest BCUT2D eigenvalue weighted by atomic mass is 10.00. The third-order valence-corrected chi connectivity index (χ3v) is 5.64. The third-order valence-electron chi connectivity index (χ3n) is 5.64.